The van der Waals surface area contributed by atoms with Gasteiger partial charge in [-0.25, -0.2) is 0 Å². The molecule has 0 unspecified atom stereocenters. The highest BCUT2D eigenvalue weighted by atomic mass is 16.3. The lowest BCUT2D eigenvalue weighted by atomic mass is 10.1. The van der Waals surface area contributed by atoms with Gasteiger partial charge < -0.3 is 10.2 Å². The molecule has 0 aliphatic rings. The quantitative estimate of drug-likeness (QED) is 0.594. The molecule has 0 rings (SSSR count). The SMILES string of the molecule is CC(C)=CCC/C(C)=C/CO.CC(C)=CCC/C(C)=C/CO. The molecule has 0 heterocycles. The van der Waals surface area contributed by atoms with Crippen LogP contribution < -0.4 is 0 Å². The fraction of sp³-hybridized carbons (Fsp3) is 0.600. The molecule has 0 spiro atoms. The summed E-state index contributed by atoms with van der Waals surface area (Å²) in [6.45, 7) is 12.8. The van der Waals surface area contributed by atoms with Crippen molar-refractivity contribution >= 4 is 0 Å². The zero-order valence-corrected chi connectivity index (χ0v) is 15.4. The van der Waals surface area contributed by atoms with Crippen LogP contribution >= 0.6 is 0 Å². The lowest BCUT2D eigenvalue weighted by molar-refractivity contribution is 0.341. The fourth-order valence-electron chi connectivity index (χ4n) is 1.69. The van der Waals surface area contributed by atoms with Gasteiger partial charge in [0.05, 0.1) is 13.2 Å². The molecule has 0 aromatic heterocycles. The Morgan fingerprint density at radius 1 is 0.591 bits per heavy atom. The largest absolute Gasteiger partial charge is 0.392 e. The Labute approximate surface area is 138 Å². The lowest BCUT2D eigenvalue weighted by Gasteiger charge is -1.96. The maximum absolute atomic E-state index is 8.55. The monoisotopic (exact) mass is 308 g/mol. The van der Waals surface area contributed by atoms with Crippen molar-refractivity contribution in [2.24, 2.45) is 0 Å². The van der Waals surface area contributed by atoms with Crippen molar-refractivity contribution in [2.75, 3.05) is 13.2 Å². The van der Waals surface area contributed by atoms with Gasteiger partial charge in [0.25, 0.3) is 0 Å². The molecule has 0 aliphatic heterocycles. The van der Waals surface area contributed by atoms with E-state index in [1.807, 2.05) is 12.2 Å². The normalized spacial score (nSPS) is 11.5. The Morgan fingerprint density at radius 2 is 0.909 bits per heavy atom. The van der Waals surface area contributed by atoms with E-state index in [1.165, 1.54) is 22.3 Å². The van der Waals surface area contributed by atoms with Crippen LogP contribution in [0.2, 0.25) is 0 Å². The number of hydrogen-bond acceptors (Lipinski definition) is 2. The minimum Gasteiger partial charge on any atom is -0.392 e. The van der Waals surface area contributed by atoms with Crippen LogP contribution in [0.3, 0.4) is 0 Å². The minimum atomic E-state index is 0.167. The predicted octanol–water partition coefficient (Wildman–Crippen LogP) is 5.34. The number of allylic oxidation sites excluding steroid dienone is 6. The second-order valence-corrected chi connectivity index (χ2v) is 6.11. The molecule has 0 aromatic rings. The topological polar surface area (TPSA) is 40.5 Å². The summed E-state index contributed by atoms with van der Waals surface area (Å²) in [5, 5.41) is 17.1. The van der Waals surface area contributed by atoms with Crippen LogP contribution in [0.1, 0.15) is 67.2 Å². The average Bonchev–Trinajstić information content (AvgIpc) is 2.39. The molecule has 0 fully saturated rings. The van der Waals surface area contributed by atoms with Gasteiger partial charge in [-0.1, -0.05) is 46.6 Å². The number of aliphatic hydroxyl groups is 2. The van der Waals surface area contributed by atoms with E-state index in [1.54, 1.807) is 0 Å². The van der Waals surface area contributed by atoms with Crippen molar-refractivity contribution in [3.8, 4) is 0 Å². The Hall–Kier alpha value is -1.12. The highest BCUT2D eigenvalue weighted by Gasteiger charge is 1.87. The predicted molar refractivity (Wildman–Crippen MR) is 99.0 cm³/mol. The summed E-state index contributed by atoms with van der Waals surface area (Å²) in [4.78, 5) is 0. The van der Waals surface area contributed by atoms with E-state index in [0.717, 1.165) is 25.7 Å². The van der Waals surface area contributed by atoms with E-state index in [4.69, 9.17) is 10.2 Å². The highest BCUT2D eigenvalue weighted by molar-refractivity contribution is 5.02. The van der Waals surface area contributed by atoms with Gasteiger partial charge in [0.2, 0.25) is 0 Å². The van der Waals surface area contributed by atoms with E-state index in [0.29, 0.717) is 0 Å². The van der Waals surface area contributed by atoms with Gasteiger partial charge in [-0.3, -0.25) is 0 Å². The van der Waals surface area contributed by atoms with Crippen molar-refractivity contribution in [3.05, 3.63) is 46.6 Å². The first kappa shape index (κ1) is 23.2. The molecule has 0 aromatic carbocycles. The molecular formula is C20H36O2. The van der Waals surface area contributed by atoms with Crippen molar-refractivity contribution in [3.63, 3.8) is 0 Å². The molecular weight excluding hydrogens is 272 g/mol. The maximum atomic E-state index is 8.55. The van der Waals surface area contributed by atoms with Crippen molar-refractivity contribution in [2.45, 2.75) is 67.2 Å². The highest BCUT2D eigenvalue weighted by Crippen LogP contribution is 2.06. The van der Waals surface area contributed by atoms with Crippen LogP contribution in [0.4, 0.5) is 0 Å². The second kappa shape index (κ2) is 16.3. The molecule has 0 amide bonds. The first-order valence-corrected chi connectivity index (χ1v) is 8.13. The van der Waals surface area contributed by atoms with Gasteiger partial charge in [-0.05, 0) is 67.2 Å². The van der Waals surface area contributed by atoms with Gasteiger partial charge in [0.15, 0.2) is 0 Å². The number of rotatable bonds is 8. The molecule has 22 heavy (non-hydrogen) atoms. The molecule has 2 heteroatoms. The molecule has 128 valence electrons. The third-order valence-corrected chi connectivity index (χ3v) is 3.06. The summed E-state index contributed by atoms with van der Waals surface area (Å²) >= 11 is 0. The van der Waals surface area contributed by atoms with Crippen LogP contribution in [0, 0.1) is 0 Å². The molecule has 0 bridgehead atoms. The van der Waals surface area contributed by atoms with Crippen LogP contribution in [0.5, 0.6) is 0 Å². The third kappa shape index (κ3) is 21.2. The summed E-state index contributed by atoms with van der Waals surface area (Å²) in [5.74, 6) is 0. The number of aliphatic hydroxyl groups excluding tert-OH is 2. The Morgan fingerprint density at radius 3 is 1.14 bits per heavy atom. The van der Waals surface area contributed by atoms with Gasteiger partial charge in [-0.2, -0.15) is 0 Å². The molecule has 2 nitrogen and oxygen atoms in total. The van der Waals surface area contributed by atoms with Gasteiger partial charge in [0, 0.05) is 0 Å². The lowest BCUT2D eigenvalue weighted by Crippen LogP contribution is -1.80. The van der Waals surface area contributed by atoms with Gasteiger partial charge in [-0.15, -0.1) is 0 Å². The number of hydrogen-bond donors (Lipinski definition) is 2. The fourth-order valence-corrected chi connectivity index (χ4v) is 1.69. The first-order valence-electron chi connectivity index (χ1n) is 8.13. The first-order chi connectivity index (χ1) is 10.3. The van der Waals surface area contributed by atoms with E-state index in [-0.39, 0.29) is 13.2 Å². The Kier molecular flexibility index (Phi) is 17.1. The van der Waals surface area contributed by atoms with E-state index >= 15 is 0 Å². The molecule has 2 N–H and O–H groups in total. The Bertz CT molecular complexity index is 339. The molecule has 0 aliphatic carbocycles. The average molecular weight is 309 g/mol. The minimum absolute atomic E-state index is 0.167. The molecule has 0 saturated heterocycles. The van der Waals surface area contributed by atoms with Gasteiger partial charge in [0.1, 0.15) is 0 Å². The van der Waals surface area contributed by atoms with Crippen LogP contribution in [0.15, 0.2) is 46.6 Å². The zero-order chi connectivity index (χ0) is 17.4. The summed E-state index contributed by atoms with van der Waals surface area (Å²) < 4.78 is 0. The van der Waals surface area contributed by atoms with Gasteiger partial charge >= 0.3 is 0 Å². The molecule has 0 atom stereocenters. The zero-order valence-electron chi connectivity index (χ0n) is 15.4. The smallest absolute Gasteiger partial charge is 0.0614 e. The molecule has 0 saturated carbocycles. The van der Waals surface area contributed by atoms with Crippen molar-refractivity contribution in [1.82, 2.24) is 0 Å². The van der Waals surface area contributed by atoms with E-state index in [9.17, 15) is 0 Å². The van der Waals surface area contributed by atoms with Crippen LogP contribution in [-0.4, -0.2) is 23.4 Å². The Balaban J connectivity index is 0. The summed E-state index contributed by atoms with van der Waals surface area (Å²) in [6.07, 6.45) is 12.5. The van der Waals surface area contributed by atoms with Crippen molar-refractivity contribution in [1.29, 1.82) is 0 Å². The standard InChI is InChI=1S/2C10H18O/c2*1-9(2)5-4-6-10(3)7-8-11/h2*5,7,11H,4,6,8H2,1-3H3/b2*10-7+. The maximum Gasteiger partial charge on any atom is 0.0614 e. The summed E-state index contributed by atoms with van der Waals surface area (Å²) in [6, 6.07) is 0. The second-order valence-electron chi connectivity index (χ2n) is 6.11. The van der Waals surface area contributed by atoms with Crippen molar-refractivity contribution < 1.29 is 10.2 Å². The van der Waals surface area contributed by atoms with E-state index in [2.05, 4.69) is 53.7 Å². The van der Waals surface area contributed by atoms with Crippen LogP contribution in [-0.2, 0) is 0 Å². The third-order valence-electron chi connectivity index (χ3n) is 3.06. The van der Waals surface area contributed by atoms with E-state index < -0.39 is 0 Å². The summed E-state index contributed by atoms with van der Waals surface area (Å²) in [5.41, 5.74) is 5.26. The summed E-state index contributed by atoms with van der Waals surface area (Å²) in [7, 11) is 0. The van der Waals surface area contributed by atoms with Crippen LogP contribution in [0.25, 0.3) is 0 Å². The molecule has 0 radical (unpaired) electrons.